The molecule has 0 N–H and O–H groups in total. The van der Waals surface area contributed by atoms with E-state index in [0.717, 1.165) is 5.56 Å². The van der Waals surface area contributed by atoms with Gasteiger partial charge in [0, 0.05) is 11.6 Å². The molecule has 0 aliphatic carbocycles. The van der Waals surface area contributed by atoms with Gasteiger partial charge in [0.1, 0.15) is 5.69 Å². The van der Waals surface area contributed by atoms with Crippen LogP contribution in [0.5, 0.6) is 0 Å². The van der Waals surface area contributed by atoms with Gasteiger partial charge in [-0.2, -0.15) is 0 Å². The molecule has 1 aromatic heterocycles. The molecule has 17 heavy (non-hydrogen) atoms. The van der Waals surface area contributed by atoms with E-state index in [0.29, 0.717) is 11.3 Å². The first-order valence-corrected chi connectivity index (χ1v) is 5.42. The normalized spacial score (nSPS) is 11.5. The Morgan fingerprint density at radius 2 is 2.00 bits per heavy atom. The average molecular weight is 227 g/mol. The van der Waals surface area contributed by atoms with Crippen LogP contribution < -0.4 is 0 Å². The van der Waals surface area contributed by atoms with Crippen molar-refractivity contribution >= 4 is 5.78 Å². The van der Waals surface area contributed by atoms with E-state index < -0.39 is 0 Å². The molecule has 0 atom stereocenters. The standard InChI is InChI=1S/C14H13NO2/c1-3-10(2)14(16)13-9-12(15-17-13)11-7-5-4-6-8-11/h3-9H,1-2H3. The Balaban J connectivity index is 2.32. The molecule has 0 fully saturated rings. The Labute approximate surface area is 99.8 Å². The molecule has 0 radical (unpaired) electrons. The molecule has 1 aromatic carbocycles. The lowest BCUT2D eigenvalue weighted by atomic mass is 10.1. The third-order valence-corrected chi connectivity index (χ3v) is 2.59. The summed E-state index contributed by atoms with van der Waals surface area (Å²) in [6.07, 6.45) is 1.76. The quantitative estimate of drug-likeness (QED) is 0.595. The monoisotopic (exact) mass is 227 g/mol. The van der Waals surface area contributed by atoms with Crippen LogP contribution in [0.3, 0.4) is 0 Å². The lowest BCUT2D eigenvalue weighted by molar-refractivity contribution is 0.0996. The van der Waals surface area contributed by atoms with E-state index in [2.05, 4.69) is 5.16 Å². The molecule has 0 saturated heterocycles. The summed E-state index contributed by atoms with van der Waals surface area (Å²) in [5, 5.41) is 3.90. The summed E-state index contributed by atoms with van der Waals surface area (Å²) in [5.74, 6) is 0.154. The summed E-state index contributed by atoms with van der Waals surface area (Å²) >= 11 is 0. The van der Waals surface area contributed by atoms with Gasteiger partial charge < -0.3 is 4.52 Å². The molecule has 0 aliphatic heterocycles. The van der Waals surface area contributed by atoms with E-state index in [4.69, 9.17) is 4.52 Å². The summed E-state index contributed by atoms with van der Waals surface area (Å²) in [7, 11) is 0. The fourth-order valence-corrected chi connectivity index (χ4v) is 1.45. The van der Waals surface area contributed by atoms with E-state index in [1.54, 1.807) is 19.1 Å². The van der Waals surface area contributed by atoms with Crippen molar-refractivity contribution in [1.29, 1.82) is 0 Å². The van der Waals surface area contributed by atoms with E-state index in [1.165, 1.54) is 0 Å². The van der Waals surface area contributed by atoms with Gasteiger partial charge in [0.15, 0.2) is 0 Å². The Morgan fingerprint density at radius 3 is 2.65 bits per heavy atom. The highest BCUT2D eigenvalue weighted by molar-refractivity contribution is 6.06. The molecule has 2 aromatic rings. The molecule has 0 unspecified atom stereocenters. The maximum Gasteiger partial charge on any atom is 0.226 e. The average Bonchev–Trinajstić information content (AvgIpc) is 2.87. The lowest BCUT2D eigenvalue weighted by Crippen LogP contribution is -1.97. The fourth-order valence-electron chi connectivity index (χ4n) is 1.45. The van der Waals surface area contributed by atoms with E-state index in [1.807, 2.05) is 37.3 Å². The molecule has 86 valence electrons. The van der Waals surface area contributed by atoms with Gasteiger partial charge in [0.05, 0.1) is 0 Å². The second-order valence-electron chi connectivity index (χ2n) is 3.74. The highest BCUT2D eigenvalue weighted by Gasteiger charge is 2.14. The van der Waals surface area contributed by atoms with Crippen LogP contribution in [-0.4, -0.2) is 10.9 Å². The minimum absolute atomic E-state index is 0.123. The first kappa shape index (κ1) is 11.3. The van der Waals surface area contributed by atoms with Crippen LogP contribution in [0.2, 0.25) is 0 Å². The van der Waals surface area contributed by atoms with Crippen LogP contribution in [0.4, 0.5) is 0 Å². The molecule has 0 amide bonds. The van der Waals surface area contributed by atoms with Crippen LogP contribution in [0.25, 0.3) is 11.3 Å². The molecule has 3 heteroatoms. The van der Waals surface area contributed by atoms with Crippen molar-refractivity contribution in [2.24, 2.45) is 0 Å². The van der Waals surface area contributed by atoms with Crippen molar-refractivity contribution in [3.05, 3.63) is 53.8 Å². The van der Waals surface area contributed by atoms with Gasteiger partial charge in [0.2, 0.25) is 11.5 Å². The number of Topliss-reactive ketones (excluding diaryl/α,β-unsaturated/α-hetero) is 1. The first-order valence-electron chi connectivity index (χ1n) is 5.42. The highest BCUT2D eigenvalue weighted by atomic mass is 16.5. The SMILES string of the molecule is CC=C(C)C(=O)c1cc(-c2ccccc2)no1. The topological polar surface area (TPSA) is 43.1 Å². The Kier molecular flexibility index (Phi) is 3.19. The minimum atomic E-state index is -0.123. The van der Waals surface area contributed by atoms with E-state index in [-0.39, 0.29) is 11.5 Å². The van der Waals surface area contributed by atoms with Gasteiger partial charge in [-0.05, 0) is 19.4 Å². The van der Waals surface area contributed by atoms with Gasteiger partial charge in [0.25, 0.3) is 0 Å². The molecule has 0 aliphatic rings. The second kappa shape index (κ2) is 4.78. The summed E-state index contributed by atoms with van der Waals surface area (Å²) in [5.41, 5.74) is 2.27. The summed E-state index contributed by atoms with van der Waals surface area (Å²) < 4.78 is 5.06. The van der Waals surface area contributed by atoms with Crippen LogP contribution >= 0.6 is 0 Å². The largest absolute Gasteiger partial charge is 0.352 e. The number of carbonyl (C=O) groups is 1. The number of ketones is 1. The van der Waals surface area contributed by atoms with Crippen LogP contribution in [0.1, 0.15) is 24.4 Å². The van der Waals surface area contributed by atoms with Crippen molar-refractivity contribution in [3.63, 3.8) is 0 Å². The number of allylic oxidation sites excluding steroid dienone is 2. The van der Waals surface area contributed by atoms with Crippen molar-refractivity contribution in [3.8, 4) is 11.3 Å². The van der Waals surface area contributed by atoms with Crippen molar-refractivity contribution in [2.75, 3.05) is 0 Å². The molecule has 0 saturated carbocycles. The zero-order valence-electron chi connectivity index (χ0n) is 9.81. The zero-order chi connectivity index (χ0) is 12.3. The molecule has 0 spiro atoms. The summed E-state index contributed by atoms with van der Waals surface area (Å²) in [6, 6.07) is 11.3. The summed E-state index contributed by atoms with van der Waals surface area (Å²) in [6.45, 7) is 3.58. The molecule has 2 rings (SSSR count). The number of rotatable bonds is 3. The number of carbonyl (C=O) groups excluding carboxylic acids is 1. The number of aromatic nitrogens is 1. The van der Waals surface area contributed by atoms with Gasteiger partial charge >= 0.3 is 0 Å². The van der Waals surface area contributed by atoms with Crippen LogP contribution in [0.15, 0.2) is 52.6 Å². The number of nitrogens with zero attached hydrogens (tertiary/aromatic N) is 1. The smallest absolute Gasteiger partial charge is 0.226 e. The number of hydrogen-bond acceptors (Lipinski definition) is 3. The predicted molar refractivity (Wildman–Crippen MR) is 65.7 cm³/mol. The van der Waals surface area contributed by atoms with Gasteiger partial charge in [-0.1, -0.05) is 41.6 Å². The van der Waals surface area contributed by atoms with E-state index >= 15 is 0 Å². The third kappa shape index (κ3) is 2.33. The van der Waals surface area contributed by atoms with Gasteiger partial charge in [-0.15, -0.1) is 0 Å². The molecule has 0 bridgehead atoms. The van der Waals surface area contributed by atoms with Crippen LogP contribution in [0, 0.1) is 0 Å². The Hall–Kier alpha value is -2.16. The van der Waals surface area contributed by atoms with E-state index in [9.17, 15) is 4.79 Å². The van der Waals surface area contributed by atoms with Crippen LogP contribution in [-0.2, 0) is 0 Å². The minimum Gasteiger partial charge on any atom is -0.352 e. The number of benzene rings is 1. The molecule has 1 heterocycles. The third-order valence-electron chi connectivity index (χ3n) is 2.59. The van der Waals surface area contributed by atoms with Gasteiger partial charge in [-0.3, -0.25) is 4.79 Å². The summed E-state index contributed by atoms with van der Waals surface area (Å²) in [4.78, 5) is 11.8. The molecular formula is C14H13NO2. The maximum absolute atomic E-state index is 11.8. The van der Waals surface area contributed by atoms with Crippen molar-refractivity contribution in [2.45, 2.75) is 13.8 Å². The maximum atomic E-state index is 11.8. The molecule has 3 nitrogen and oxygen atoms in total. The van der Waals surface area contributed by atoms with Gasteiger partial charge in [-0.25, -0.2) is 0 Å². The highest BCUT2D eigenvalue weighted by Crippen LogP contribution is 2.19. The fraction of sp³-hybridized carbons (Fsp3) is 0.143. The lowest BCUT2D eigenvalue weighted by Gasteiger charge is -1.93. The molecular weight excluding hydrogens is 214 g/mol. The Bertz CT molecular complexity index is 553. The van der Waals surface area contributed by atoms with Crippen molar-refractivity contribution in [1.82, 2.24) is 5.16 Å². The number of hydrogen-bond donors (Lipinski definition) is 0. The second-order valence-corrected chi connectivity index (χ2v) is 3.74. The zero-order valence-corrected chi connectivity index (χ0v) is 9.81. The van der Waals surface area contributed by atoms with Crippen molar-refractivity contribution < 1.29 is 9.32 Å². The first-order chi connectivity index (χ1) is 8.22. The Morgan fingerprint density at radius 1 is 1.29 bits per heavy atom. The predicted octanol–water partition coefficient (Wildman–Crippen LogP) is 3.49.